The maximum absolute atomic E-state index is 11.6. The summed E-state index contributed by atoms with van der Waals surface area (Å²) in [7, 11) is 0. The number of aromatic amines is 1. The number of aliphatic carboxylic acids is 1. The van der Waals surface area contributed by atoms with Gasteiger partial charge in [-0.3, -0.25) is 9.89 Å². The van der Waals surface area contributed by atoms with Gasteiger partial charge in [-0.1, -0.05) is 6.42 Å². The van der Waals surface area contributed by atoms with E-state index < -0.39 is 11.4 Å². The van der Waals surface area contributed by atoms with Gasteiger partial charge < -0.3 is 15.7 Å². The fourth-order valence-electron chi connectivity index (χ4n) is 2.19. The number of nitrogens with zero attached hydrogens (tertiary/aromatic N) is 2. The Bertz CT molecular complexity index is 456. The van der Waals surface area contributed by atoms with Crippen molar-refractivity contribution in [2.45, 2.75) is 32.1 Å². The molecule has 0 unspecified atom stereocenters. The van der Waals surface area contributed by atoms with Crippen molar-refractivity contribution >= 4 is 12.0 Å². The molecular formula is C12H19N5O3. The summed E-state index contributed by atoms with van der Waals surface area (Å²) in [5, 5.41) is 20.9. The topological polar surface area (TPSA) is 120 Å². The highest BCUT2D eigenvalue weighted by atomic mass is 16.4. The molecule has 0 bridgehead atoms. The summed E-state index contributed by atoms with van der Waals surface area (Å²) >= 11 is 0. The lowest BCUT2D eigenvalue weighted by molar-refractivity contribution is -0.153. The normalized spacial score (nSPS) is 16.2. The Balaban J connectivity index is 1.59. The standard InChI is InChI=1S/C12H19N5O3/c18-10(19)12(4-2-5-12)7-14-11(20)13-6-1-3-9-15-8-16-17-9/h8H,1-7H2,(H,18,19)(H2,13,14,20)(H,15,16,17). The molecule has 110 valence electrons. The number of carbonyl (C=O) groups excluding carboxylic acids is 1. The predicted octanol–water partition coefficient (Wildman–Crippen LogP) is 0.291. The second kappa shape index (κ2) is 6.36. The molecule has 1 heterocycles. The Morgan fingerprint density at radius 1 is 1.40 bits per heavy atom. The van der Waals surface area contributed by atoms with Crippen LogP contribution in [0.3, 0.4) is 0 Å². The number of carbonyl (C=O) groups is 2. The van der Waals surface area contributed by atoms with Crippen molar-refractivity contribution in [3.05, 3.63) is 12.2 Å². The Morgan fingerprint density at radius 3 is 2.75 bits per heavy atom. The SMILES string of the molecule is O=C(NCCCc1ncn[nH]1)NCC1(C(=O)O)CCC1. The number of H-pyrrole nitrogens is 1. The highest BCUT2D eigenvalue weighted by Crippen LogP contribution is 2.40. The summed E-state index contributed by atoms with van der Waals surface area (Å²) in [5.41, 5.74) is -0.753. The van der Waals surface area contributed by atoms with E-state index in [1.54, 1.807) is 0 Å². The van der Waals surface area contributed by atoms with Gasteiger partial charge in [-0.15, -0.1) is 0 Å². The first-order valence-corrected chi connectivity index (χ1v) is 6.72. The first-order chi connectivity index (χ1) is 9.62. The molecule has 1 fully saturated rings. The average Bonchev–Trinajstić information content (AvgIpc) is 2.86. The molecule has 0 atom stereocenters. The highest BCUT2D eigenvalue weighted by molar-refractivity contribution is 5.78. The largest absolute Gasteiger partial charge is 0.481 e. The summed E-state index contributed by atoms with van der Waals surface area (Å²) in [6, 6.07) is -0.324. The summed E-state index contributed by atoms with van der Waals surface area (Å²) in [6.07, 6.45) is 5.07. The van der Waals surface area contributed by atoms with E-state index in [0.717, 1.165) is 18.7 Å². The number of hydrogen-bond donors (Lipinski definition) is 4. The van der Waals surface area contributed by atoms with Gasteiger partial charge in [-0.25, -0.2) is 9.78 Å². The van der Waals surface area contributed by atoms with Crippen molar-refractivity contribution in [1.82, 2.24) is 25.8 Å². The van der Waals surface area contributed by atoms with Crippen LogP contribution in [-0.4, -0.2) is 45.4 Å². The summed E-state index contributed by atoms with van der Waals surface area (Å²) in [4.78, 5) is 26.7. The number of aryl methyl sites for hydroxylation is 1. The number of aromatic nitrogens is 3. The van der Waals surface area contributed by atoms with Crippen LogP contribution < -0.4 is 10.6 Å². The quantitative estimate of drug-likeness (QED) is 0.535. The number of hydrogen-bond acceptors (Lipinski definition) is 4. The Hall–Kier alpha value is -2.12. The van der Waals surface area contributed by atoms with Crippen LogP contribution in [0.25, 0.3) is 0 Å². The molecule has 0 aromatic carbocycles. The predicted molar refractivity (Wildman–Crippen MR) is 70.0 cm³/mol. The van der Waals surface area contributed by atoms with Gasteiger partial charge in [0.25, 0.3) is 0 Å². The molecule has 1 saturated carbocycles. The molecule has 0 aliphatic heterocycles. The molecular weight excluding hydrogens is 262 g/mol. The van der Waals surface area contributed by atoms with Crippen LogP contribution in [0.15, 0.2) is 6.33 Å². The van der Waals surface area contributed by atoms with E-state index in [9.17, 15) is 9.59 Å². The van der Waals surface area contributed by atoms with Crippen LogP contribution in [-0.2, 0) is 11.2 Å². The van der Waals surface area contributed by atoms with Crippen molar-refractivity contribution < 1.29 is 14.7 Å². The van der Waals surface area contributed by atoms with Gasteiger partial charge in [0.15, 0.2) is 0 Å². The van der Waals surface area contributed by atoms with Crippen LogP contribution in [0.5, 0.6) is 0 Å². The third-order valence-electron chi connectivity index (χ3n) is 3.69. The molecule has 2 rings (SSSR count). The zero-order valence-electron chi connectivity index (χ0n) is 11.2. The van der Waals surface area contributed by atoms with Crippen LogP contribution in [0, 0.1) is 5.41 Å². The first-order valence-electron chi connectivity index (χ1n) is 6.72. The van der Waals surface area contributed by atoms with Gasteiger partial charge in [-0.2, -0.15) is 5.10 Å². The zero-order valence-corrected chi connectivity index (χ0v) is 11.2. The van der Waals surface area contributed by atoms with E-state index in [1.807, 2.05) is 0 Å². The number of carboxylic acids is 1. The van der Waals surface area contributed by atoms with E-state index in [1.165, 1.54) is 6.33 Å². The molecule has 1 aromatic rings. The lowest BCUT2D eigenvalue weighted by atomic mass is 9.69. The van der Waals surface area contributed by atoms with E-state index in [0.29, 0.717) is 25.8 Å². The highest BCUT2D eigenvalue weighted by Gasteiger charge is 2.44. The molecule has 1 aromatic heterocycles. The van der Waals surface area contributed by atoms with E-state index in [4.69, 9.17) is 5.11 Å². The molecule has 8 heteroatoms. The second-order valence-corrected chi connectivity index (χ2v) is 5.08. The molecule has 2 amide bonds. The minimum atomic E-state index is -0.825. The number of rotatable bonds is 7. The van der Waals surface area contributed by atoms with Crippen molar-refractivity contribution in [3.63, 3.8) is 0 Å². The fraction of sp³-hybridized carbons (Fsp3) is 0.667. The van der Waals surface area contributed by atoms with Gasteiger partial charge in [-0.05, 0) is 19.3 Å². The van der Waals surface area contributed by atoms with Crippen LogP contribution in [0.2, 0.25) is 0 Å². The van der Waals surface area contributed by atoms with Crippen molar-refractivity contribution in [2.75, 3.05) is 13.1 Å². The van der Waals surface area contributed by atoms with Crippen molar-refractivity contribution in [1.29, 1.82) is 0 Å². The summed E-state index contributed by atoms with van der Waals surface area (Å²) in [5.74, 6) is -0.0409. The fourth-order valence-corrected chi connectivity index (χ4v) is 2.19. The molecule has 0 radical (unpaired) electrons. The third kappa shape index (κ3) is 3.46. The molecule has 0 spiro atoms. The van der Waals surface area contributed by atoms with Gasteiger partial charge in [0.2, 0.25) is 0 Å². The number of carboxylic acid groups (broad SMARTS) is 1. The van der Waals surface area contributed by atoms with Gasteiger partial charge >= 0.3 is 12.0 Å². The van der Waals surface area contributed by atoms with E-state index in [2.05, 4.69) is 25.8 Å². The number of urea groups is 1. The summed E-state index contributed by atoms with van der Waals surface area (Å²) < 4.78 is 0. The Labute approximate surface area is 116 Å². The molecule has 20 heavy (non-hydrogen) atoms. The minimum absolute atomic E-state index is 0.191. The zero-order chi connectivity index (χ0) is 14.4. The van der Waals surface area contributed by atoms with Crippen LogP contribution in [0.4, 0.5) is 4.79 Å². The molecule has 1 aliphatic rings. The van der Waals surface area contributed by atoms with Crippen LogP contribution in [0.1, 0.15) is 31.5 Å². The second-order valence-electron chi connectivity index (χ2n) is 5.08. The minimum Gasteiger partial charge on any atom is -0.481 e. The molecule has 0 saturated heterocycles. The van der Waals surface area contributed by atoms with Crippen molar-refractivity contribution in [2.24, 2.45) is 5.41 Å². The lowest BCUT2D eigenvalue weighted by Crippen LogP contribution is -2.49. The van der Waals surface area contributed by atoms with Crippen molar-refractivity contribution in [3.8, 4) is 0 Å². The summed E-state index contributed by atoms with van der Waals surface area (Å²) in [6.45, 7) is 0.697. The lowest BCUT2D eigenvalue weighted by Gasteiger charge is -2.37. The molecule has 8 nitrogen and oxygen atoms in total. The third-order valence-corrected chi connectivity index (χ3v) is 3.69. The van der Waals surface area contributed by atoms with E-state index >= 15 is 0 Å². The van der Waals surface area contributed by atoms with Gasteiger partial charge in [0.05, 0.1) is 5.41 Å². The Kier molecular flexibility index (Phi) is 4.54. The van der Waals surface area contributed by atoms with Gasteiger partial charge in [0.1, 0.15) is 12.2 Å². The maximum Gasteiger partial charge on any atom is 0.314 e. The average molecular weight is 281 g/mol. The maximum atomic E-state index is 11.6. The molecule has 4 N–H and O–H groups in total. The number of amides is 2. The van der Waals surface area contributed by atoms with E-state index in [-0.39, 0.29) is 12.6 Å². The monoisotopic (exact) mass is 281 g/mol. The van der Waals surface area contributed by atoms with Gasteiger partial charge in [0, 0.05) is 19.5 Å². The first kappa shape index (κ1) is 14.3. The smallest absolute Gasteiger partial charge is 0.314 e. The molecule has 1 aliphatic carbocycles. The van der Waals surface area contributed by atoms with Crippen LogP contribution >= 0.6 is 0 Å². The Morgan fingerprint density at radius 2 is 2.20 bits per heavy atom. The number of nitrogens with one attached hydrogen (secondary N) is 3.